The van der Waals surface area contributed by atoms with Gasteiger partial charge in [0, 0.05) is 6.04 Å². The van der Waals surface area contributed by atoms with Gasteiger partial charge < -0.3 is 5.32 Å². The maximum Gasteiger partial charge on any atom is 0.343 e. The quantitative estimate of drug-likeness (QED) is 0.560. The number of amides is 2. The highest BCUT2D eigenvalue weighted by Gasteiger charge is 2.01. The summed E-state index contributed by atoms with van der Waals surface area (Å²) in [5.74, 6) is 0.817. The van der Waals surface area contributed by atoms with Gasteiger partial charge in [-0.1, -0.05) is 30.3 Å². The molecule has 0 bridgehead atoms. The lowest BCUT2D eigenvalue weighted by Crippen LogP contribution is -2.27. The average Bonchev–Trinajstić information content (AvgIpc) is 1.84. The van der Waals surface area contributed by atoms with Crippen LogP contribution in [0.1, 0.15) is 20.8 Å². The van der Waals surface area contributed by atoms with Crippen molar-refractivity contribution in [3.8, 4) is 0 Å². The van der Waals surface area contributed by atoms with E-state index in [0.29, 0.717) is 0 Å². The Kier molecular flexibility index (Phi) is 6.20. The van der Waals surface area contributed by atoms with Crippen molar-refractivity contribution in [2.75, 3.05) is 5.75 Å². The second-order valence-electron chi connectivity index (χ2n) is 2.40. The molecule has 1 N–H and O–H groups in total. The molecule has 0 aliphatic heterocycles. The van der Waals surface area contributed by atoms with Gasteiger partial charge in [0.2, 0.25) is 0 Å². The molecular weight excluding hydrogens is 196 g/mol. The third-order valence-electron chi connectivity index (χ3n) is 0.865. The molecule has 70 valence electrons. The van der Waals surface area contributed by atoms with Crippen molar-refractivity contribution >= 4 is 33.9 Å². The molecule has 12 heavy (non-hydrogen) atoms. The minimum Gasteiger partial charge on any atom is -0.334 e. The molecule has 0 saturated carbocycles. The summed E-state index contributed by atoms with van der Waals surface area (Å²) < 4.78 is 0.288. The first-order valence-electron chi connectivity index (χ1n) is 3.73. The van der Waals surface area contributed by atoms with Gasteiger partial charge >= 0.3 is 6.03 Å². The number of hydrogen-bond acceptors (Lipinski definition) is 2. The lowest BCUT2D eigenvalue weighted by molar-refractivity contribution is 0.247. The number of nitrogens with one attached hydrogen (secondary N) is 1. The summed E-state index contributed by atoms with van der Waals surface area (Å²) in [6.45, 7) is 5.69. The van der Waals surface area contributed by atoms with Gasteiger partial charge in [0.25, 0.3) is 0 Å². The highest BCUT2D eigenvalue weighted by Crippen LogP contribution is 2.06. The Morgan fingerprint density at radius 2 is 2.25 bits per heavy atom. The van der Waals surface area contributed by atoms with Crippen molar-refractivity contribution < 1.29 is 4.79 Å². The highest BCUT2D eigenvalue weighted by molar-refractivity contribution is 8.16. The Bertz CT molecular complexity index is 182. The van der Waals surface area contributed by atoms with Crippen LogP contribution in [0, 0.1) is 0 Å². The molecule has 0 aliphatic rings. The molecule has 0 aromatic carbocycles. The number of aliphatic imine (C=N–C) groups is 1. The summed E-state index contributed by atoms with van der Waals surface area (Å²) in [5, 5.41) is 2.61. The van der Waals surface area contributed by atoms with E-state index < -0.39 is 0 Å². The number of urea groups is 1. The number of carbonyl (C=O) groups is 1. The molecule has 0 aromatic heterocycles. The maximum absolute atomic E-state index is 10.9. The molecule has 0 unspecified atom stereocenters. The van der Waals surface area contributed by atoms with Crippen LogP contribution in [0.2, 0.25) is 0 Å². The molecule has 0 atom stereocenters. The Morgan fingerprint density at radius 3 is 2.67 bits per heavy atom. The van der Waals surface area contributed by atoms with Crippen molar-refractivity contribution in [3.63, 3.8) is 0 Å². The number of carbonyl (C=O) groups excluding carboxylic acids is 1. The SMILES string of the molecule is CCSC(Cl)=NC(=O)NC(C)C. The summed E-state index contributed by atoms with van der Waals surface area (Å²) in [4.78, 5) is 14.5. The number of nitrogens with zero attached hydrogens (tertiary/aromatic N) is 1. The number of hydrogen-bond donors (Lipinski definition) is 1. The zero-order valence-corrected chi connectivity index (χ0v) is 9.00. The first-order valence-corrected chi connectivity index (χ1v) is 5.10. The molecule has 0 heterocycles. The van der Waals surface area contributed by atoms with Crippen LogP contribution >= 0.6 is 23.4 Å². The number of rotatable bonds is 2. The molecule has 0 rings (SSSR count). The van der Waals surface area contributed by atoms with Crippen LogP contribution in [0.25, 0.3) is 0 Å². The highest BCUT2D eigenvalue weighted by atomic mass is 35.5. The van der Waals surface area contributed by atoms with Crippen LogP contribution in [0.3, 0.4) is 0 Å². The molecule has 0 saturated heterocycles. The van der Waals surface area contributed by atoms with E-state index in [2.05, 4.69) is 10.3 Å². The summed E-state index contributed by atoms with van der Waals surface area (Å²) in [6, 6.07) is -0.284. The maximum atomic E-state index is 10.9. The zero-order chi connectivity index (χ0) is 9.56. The van der Waals surface area contributed by atoms with Crippen LogP contribution in [0.5, 0.6) is 0 Å². The molecule has 2 amide bonds. The Labute approximate surface area is 82.0 Å². The van der Waals surface area contributed by atoms with E-state index >= 15 is 0 Å². The zero-order valence-electron chi connectivity index (χ0n) is 7.43. The average molecular weight is 209 g/mol. The fourth-order valence-electron chi connectivity index (χ4n) is 0.510. The molecule has 5 heteroatoms. The van der Waals surface area contributed by atoms with E-state index in [1.54, 1.807) is 0 Å². The van der Waals surface area contributed by atoms with Crippen molar-refractivity contribution in [2.24, 2.45) is 4.99 Å². The summed E-state index contributed by atoms with van der Waals surface area (Å²) in [5.41, 5.74) is 0. The molecule has 0 radical (unpaired) electrons. The number of thioether (sulfide) groups is 1. The second kappa shape index (κ2) is 6.31. The molecule has 3 nitrogen and oxygen atoms in total. The van der Waals surface area contributed by atoms with Gasteiger partial charge in [0.05, 0.1) is 0 Å². The third-order valence-corrected chi connectivity index (χ3v) is 1.90. The Hall–Kier alpha value is -0.220. The van der Waals surface area contributed by atoms with E-state index in [-0.39, 0.29) is 16.6 Å². The van der Waals surface area contributed by atoms with Crippen molar-refractivity contribution in [3.05, 3.63) is 0 Å². The summed E-state index contributed by atoms with van der Waals surface area (Å²) in [6.07, 6.45) is 0. The topological polar surface area (TPSA) is 41.5 Å². The van der Waals surface area contributed by atoms with E-state index in [1.807, 2.05) is 20.8 Å². The summed E-state index contributed by atoms with van der Waals surface area (Å²) >= 11 is 6.95. The number of halogens is 1. The Morgan fingerprint density at radius 1 is 1.67 bits per heavy atom. The predicted molar refractivity (Wildman–Crippen MR) is 55.1 cm³/mol. The minimum atomic E-state index is -0.379. The lowest BCUT2D eigenvalue weighted by atomic mass is 10.4. The van der Waals surface area contributed by atoms with E-state index in [1.165, 1.54) is 11.8 Å². The van der Waals surface area contributed by atoms with Gasteiger partial charge in [0.1, 0.15) is 0 Å². The molecule has 0 spiro atoms. The van der Waals surface area contributed by atoms with Crippen LogP contribution in [-0.2, 0) is 0 Å². The summed E-state index contributed by atoms with van der Waals surface area (Å²) in [7, 11) is 0. The molecule has 0 aliphatic carbocycles. The molecular formula is C7H13ClN2OS. The fraction of sp³-hybridized carbons (Fsp3) is 0.714. The van der Waals surface area contributed by atoms with Gasteiger partial charge in [0.15, 0.2) is 4.50 Å². The van der Waals surface area contributed by atoms with Gasteiger partial charge in [-0.05, 0) is 19.6 Å². The van der Waals surface area contributed by atoms with Crippen molar-refractivity contribution in [1.29, 1.82) is 0 Å². The van der Waals surface area contributed by atoms with Crippen molar-refractivity contribution in [2.45, 2.75) is 26.8 Å². The van der Waals surface area contributed by atoms with Gasteiger partial charge in [-0.3, -0.25) is 0 Å². The minimum absolute atomic E-state index is 0.0948. The fourth-order valence-corrected chi connectivity index (χ4v) is 1.30. The van der Waals surface area contributed by atoms with Crippen molar-refractivity contribution in [1.82, 2.24) is 5.32 Å². The largest absolute Gasteiger partial charge is 0.343 e. The van der Waals surface area contributed by atoms with Crippen LogP contribution in [0.4, 0.5) is 4.79 Å². The van der Waals surface area contributed by atoms with E-state index in [4.69, 9.17) is 11.6 Å². The molecule has 0 fully saturated rings. The van der Waals surface area contributed by atoms with Gasteiger partial charge in [-0.25, -0.2) is 4.79 Å². The van der Waals surface area contributed by atoms with Gasteiger partial charge in [-0.15, -0.1) is 0 Å². The van der Waals surface area contributed by atoms with Crippen LogP contribution < -0.4 is 5.32 Å². The second-order valence-corrected chi connectivity index (χ2v) is 4.24. The van der Waals surface area contributed by atoms with Gasteiger partial charge in [-0.2, -0.15) is 4.99 Å². The van der Waals surface area contributed by atoms with Crippen LogP contribution in [0.15, 0.2) is 4.99 Å². The predicted octanol–water partition coefficient (Wildman–Crippen LogP) is 2.45. The smallest absolute Gasteiger partial charge is 0.334 e. The first-order chi connectivity index (χ1) is 5.56. The third kappa shape index (κ3) is 6.49. The molecule has 0 aromatic rings. The van der Waals surface area contributed by atoms with E-state index in [0.717, 1.165) is 5.75 Å². The Balaban J connectivity index is 3.88. The van der Waals surface area contributed by atoms with Crippen LogP contribution in [-0.4, -0.2) is 22.3 Å². The normalized spacial score (nSPS) is 11.9. The van der Waals surface area contributed by atoms with E-state index in [9.17, 15) is 4.79 Å². The monoisotopic (exact) mass is 208 g/mol. The lowest BCUT2D eigenvalue weighted by Gasteiger charge is -2.03. The standard InChI is InChI=1S/C7H13ClN2OS/c1-4-12-6(8)10-7(11)9-5(2)3/h5H,4H2,1-3H3,(H,9,11). The first kappa shape index (κ1) is 11.8.